The first-order valence-electron chi connectivity index (χ1n) is 9.53. The lowest BCUT2D eigenvalue weighted by Crippen LogP contribution is -2.04. The molecule has 0 aliphatic heterocycles. The first-order valence-corrected chi connectivity index (χ1v) is 9.53. The summed E-state index contributed by atoms with van der Waals surface area (Å²) in [6.07, 6.45) is 0. The molecule has 0 aliphatic rings. The molecule has 0 amide bonds. The lowest BCUT2D eigenvalue weighted by atomic mass is 10.0. The number of fused-ring (bicyclic) bond motifs is 1. The minimum Gasteiger partial charge on any atom is -0.462 e. The summed E-state index contributed by atoms with van der Waals surface area (Å²) in [4.78, 5) is 11.9. The highest BCUT2D eigenvalue weighted by Gasteiger charge is 2.13. The lowest BCUT2D eigenvalue weighted by molar-refractivity contribution is 0.0526. The number of aryl methyl sites for hydroxylation is 1. The summed E-state index contributed by atoms with van der Waals surface area (Å²) in [7, 11) is 0. The quantitative estimate of drug-likeness (QED) is 0.459. The molecular weight excluding hydrogens is 362 g/mol. The maximum absolute atomic E-state index is 11.9. The number of para-hydroxylation sites is 1. The Morgan fingerprint density at radius 3 is 2.31 bits per heavy atom. The smallest absolute Gasteiger partial charge is 0.338 e. The number of hydrogen-bond acceptors (Lipinski definition) is 5. The molecule has 0 atom stereocenters. The molecule has 144 valence electrons. The number of hydrogen-bond donors (Lipinski definition) is 1. The van der Waals surface area contributed by atoms with E-state index < -0.39 is 0 Å². The predicted molar refractivity (Wildman–Crippen MR) is 115 cm³/mol. The molecular formula is C24H21N3O2. The normalized spacial score (nSPS) is 10.7. The molecule has 1 aromatic heterocycles. The number of rotatable bonds is 5. The maximum Gasteiger partial charge on any atom is 0.338 e. The summed E-state index contributed by atoms with van der Waals surface area (Å²) in [5.41, 5.74) is 4.32. The van der Waals surface area contributed by atoms with Gasteiger partial charge in [0.05, 0.1) is 12.2 Å². The molecule has 1 N–H and O–H groups in total. The number of esters is 1. The van der Waals surface area contributed by atoms with Crippen LogP contribution in [0.15, 0.2) is 72.8 Å². The van der Waals surface area contributed by atoms with Gasteiger partial charge in [0.2, 0.25) is 0 Å². The average molecular weight is 383 g/mol. The first kappa shape index (κ1) is 18.6. The summed E-state index contributed by atoms with van der Waals surface area (Å²) in [6.45, 7) is 4.20. The van der Waals surface area contributed by atoms with Crippen molar-refractivity contribution in [1.29, 1.82) is 0 Å². The molecule has 3 aromatic carbocycles. The van der Waals surface area contributed by atoms with Gasteiger partial charge in [0.15, 0.2) is 5.82 Å². The summed E-state index contributed by atoms with van der Waals surface area (Å²) >= 11 is 0. The molecule has 0 saturated heterocycles. The fourth-order valence-corrected chi connectivity index (χ4v) is 3.23. The van der Waals surface area contributed by atoms with Gasteiger partial charge in [-0.3, -0.25) is 0 Å². The van der Waals surface area contributed by atoms with Crippen LogP contribution in [0, 0.1) is 6.92 Å². The third kappa shape index (κ3) is 3.80. The van der Waals surface area contributed by atoms with Gasteiger partial charge in [-0.15, -0.1) is 10.2 Å². The van der Waals surface area contributed by atoms with E-state index >= 15 is 0 Å². The van der Waals surface area contributed by atoms with Crippen LogP contribution in [-0.2, 0) is 4.74 Å². The Morgan fingerprint density at radius 2 is 1.59 bits per heavy atom. The maximum atomic E-state index is 11.9. The topological polar surface area (TPSA) is 64.1 Å². The highest BCUT2D eigenvalue weighted by molar-refractivity contribution is 6.01. The molecule has 0 unspecified atom stereocenters. The van der Waals surface area contributed by atoms with Crippen molar-refractivity contribution in [2.45, 2.75) is 13.8 Å². The second-order valence-electron chi connectivity index (χ2n) is 6.68. The van der Waals surface area contributed by atoms with Gasteiger partial charge in [-0.1, -0.05) is 54.6 Å². The van der Waals surface area contributed by atoms with E-state index in [1.165, 1.54) is 0 Å². The van der Waals surface area contributed by atoms with Gasteiger partial charge in [-0.05, 0) is 37.6 Å². The Balaban J connectivity index is 1.74. The fourth-order valence-electron chi connectivity index (χ4n) is 3.23. The zero-order valence-electron chi connectivity index (χ0n) is 16.3. The molecule has 5 heteroatoms. The minimum absolute atomic E-state index is 0.326. The van der Waals surface area contributed by atoms with Crippen molar-refractivity contribution in [2.75, 3.05) is 11.9 Å². The Bertz CT molecular complexity index is 1170. The second-order valence-corrected chi connectivity index (χ2v) is 6.68. The van der Waals surface area contributed by atoms with Crippen LogP contribution in [0.25, 0.3) is 22.0 Å². The van der Waals surface area contributed by atoms with Gasteiger partial charge >= 0.3 is 5.97 Å². The van der Waals surface area contributed by atoms with Crippen LogP contribution in [-0.4, -0.2) is 22.8 Å². The van der Waals surface area contributed by atoms with Gasteiger partial charge in [-0.2, -0.15) is 0 Å². The average Bonchev–Trinajstić information content (AvgIpc) is 2.76. The molecule has 5 nitrogen and oxygen atoms in total. The monoisotopic (exact) mass is 383 g/mol. The standard InChI is InChI=1S/C24H21N3O2/c1-3-29-24(28)18-14-12-17(13-15-18)22-19-9-5-6-10-20(19)23(27-26-22)25-21-11-7-4-8-16(21)2/h4-15H,3H2,1-2H3,(H,25,27). The minimum atomic E-state index is -0.326. The van der Waals surface area contributed by atoms with Crippen molar-refractivity contribution in [3.63, 3.8) is 0 Å². The third-order valence-electron chi connectivity index (χ3n) is 4.75. The molecule has 4 rings (SSSR count). The molecule has 0 radical (unpaired) electrons. The van der Waals surface area contributed by atoms with Crippen molar-refractivity contribution >= 4 is 28.2 Å². The zero-order chi connectivity index (χ0) is 20.2. The van der Waals surface area contributed by atoms with Gasteiger partial charge in [0.25, 0.3) is 0 Å². The van der Waals surface area contributed by atoms with E-state index in [2.05, 4.69) is 28.5 Å². The van der Waals surface area contributed by atoms with Crippen molar-refractivity contribution in [3.8, 4) is 11.3 Å². The van der Waals surface area contributed by atoms with E-state index in [1.54, 1.807) is 19.1 Å². The van der Waals surface area contributed by atoms with Gasteiger partial charge < -0.3 is 10.1 Å². The van der Waals surface area contributed by atoms with Crippen LogP contribution in [0.4, 0.5) is 11.5 Å². The number of ether oxygens (including phenoxy) is 1. The second kappa shape index (κ2) is 8.10. The van der Waals surface area contributed by atoms with Gasteiger partial charge in [0.1, 0.15) is 5.69 Å². The number of carbonyl (C=O) groups is 1. The molecule has 1 heterocycles. The number of benzene rings is 3. The molecule has 0 fully saturated rings. The molecule has 29 heavy (non-hydrogen) atoms. The Kier molecular flexibility index (Phi) is 5.20. The molecule has 0 spiro atoms. The van der Waals surface area contributed by atoms with Crippen molar-refractivity contribution < 1.29 is 9.53 Å². The summed E-state index contributed by atoms with van der Waals surface area (Å²) < 4.78 is 5.05. The lowest BCUT2D eigenvalue weighted by Gasteiger charge is -2.13. The summed E-state index contributed by atoms with van der Waals surface area (Å²) in [5, 5.41) is 14.3. The zero-order valence-corrected chi connectivity index (χ0v) is 16.3. The molecule has 0 aliphatic carbocycles. The molecule has 0 bridgehead atoms. The SMILES string of the molecule is CCOC(=O)c1ccc(-c2nnc(Nc3ccccc3C)c3ccccc23)cc1. The number of anilines is 2. The van der Waals surface area contributed by atoms with Crippen molar-refractivity contribution in [2.24, 2.45) is 0 Å². The van der Waals surface area contributed by atoms with Gasteiger partial charge in [-0.25, -0.2) is 4.79 Å². The van der Waals surface area contributed by atoms with E-state index in [0.717, 1.165) is 33.3 Å². The van der Waals surface area contributed by atoms with E-state index in [-0.39, 0.29) is 5.97 Å². The highest BCUT2D eigenvalue weighted by Crippen LogP contribution is 2.31. The van der Waals surface area contributed by atoms with E-state index in [4.69, 9.17) is 4.74 Å². The van der Waals surface area contributed by atoms with Gasteiger partial charge in [0, 0.05) is 22.0 Å². The predicted octanol–water partition coefficient (Wildman–Crippen LogP) is 5.53. The largest absolute Gasteiger partial charge is 0.462 e. The van der Waals surface area contributed by atoms with Crippen LogP contribution >= 0.6 is 0 Å². The molecule has 0 saturated carbocycles. The van der Waals surface area contributed by atoms with Crippen molar-refractivity contribution in [1.82, 2.24) is 10.2 Å². The van der Waals surface area contributed by atoms with E-state index in [1.807, 2.05) is 54.6 Å². The van der Waals surface area contributed by atoms with Crippen LogP contribution < -0.4 is 5.32 Å². The Morgan fingerprint density at radius 1 is 0.897 bits per heavy atom. The summed E-state index contributed by atoms with van der Waals surface area (Å²) in [5.74, 6) is 0.384. The fraction of sp³-hybridized carbons (Fsp3) is 0.125. The number of aromatic nitrogens is 2. The van der Waals surface area contributed by atoms with E-state index in [0.29, 0.717) is 18.0 Å². The van der Waals surface area contributed by atoms with Crippen LogP contribution in [0.5, 0.6) is 0 Å². The third-order valence-corrected chi connectivity index (χ3v) is 4.75. The Labute approximate surface area is 169 Å². The first-order chi connectivity index (χ1) is 14.2. The van der Waals surface area contributed by atoms with Crippen LogP contribution in [0.2, 0.25) is 0 Å². The van der Waals surface area contributed by atoms with E-state index in [9.17, 15) is 4.79 Å². The number of nitrogens with one attached hydrogen (secondary N) is 1. The van der Waals surface area contributed by atoms with Crippen LogP contribution in [0.3, 0.4) is 0 Å². The Hall–Kier alpha value is -3.73. The number of nitrogens with zero attached hydrogens (tertiary/aromatic N) is 2. The highest BCUT2D eigenvalue weighted by atomic mass is 16.5. The van der Waals surface area contributed by atoms with Crippen LogP contribution in [0.1, 0.15) is 22.8 Å². The van der Waals surface area contributed by atoms with Crippen molar-refractivity contribution in [3.05, 3.63) is 83.9 Å². The number of carbonyl (C=O) groups excluding carboxylic acids is 1. The molecule has 4 aromatic rings. The summed E-state index contributed by atoms with van der Waals surface area (Å²) in [6, 6.07) is 23.4.